The number of fused-ring (bicyclic) bond motifs is 1. The number of rotatable bonds is 5. The molecule has 0 aliphatic carbocycles. The number of pyridine rings is 2. The van der Waals surface area contributed by atoms with Crippen LogP contribution in [0.4, 0.5) is 0 Å². The van der Waals surface area contributed by atoms with Crippen LogP contribution in [0.5, 0.6) is 0 Å². The number of carbonyl (C=O) groups excluding carboxylic acids is 1. The number of amides is 1. The third-order valence-corrected chi connectivity index (χ3v) is 4.75. The molecule has 9 heteroatoms. The molecule has 5 aromatic rings. The van der Waals surface area contributed by atoms with Gasteiger partial charge in [-0.2, -0.15) is 0 Å². The van der Waals surface area contributed by atoms with Gasteiger partial charge < -0.3 is 14.4 Å². The highest BCUT2D eigenvalue weighted by Gasteiger charge is 2.14. The van der Waals surface area contributed by atoms with Crippen molar-refractivity contribution in [3.63, 3.8) is 0 Å². The van der Waals surface area contributed by atoms with Crippen LogP contribution in [0.2, 0.25) is 0 Å². The van der Waals surface area contributed by atoms with Gasteiger partial charge in [0.05, 0.1) is 23.5 Å². The molecule has 0 aliphatic heterocycles. The van der Waals surface area contributed by atoms with Crippen molar-refractivity contribution in [2.75, 3.05) is 0 Å². The SMILES string of the molecule is Cn1cccc1-c1nnc2ccc(C(=O)NCc3cc(-c4ccccn4)no3)cn12. The largest absolute Gasteiger partial charge is 0.359 e. The van der Waals surface area contributed by atoms with Crippen LogP contribution in [0, 0.1) is 0 Å². The second-order valence-electron chi connectivity index (χ2n) is 6.75. The van der Waals surface area contributed by atoms with Crippen LogP contribution in [-0.4, -0.2) is 35.2 Å². The molecule has 5 aromatic heterocycles. The lowest BCUT2D eigenvalue weighted by Gasteiger charge is -2.05. The van der Waals surface area contributed by atoms with Crippen molar-refractivity contribution in [1.82, 2.24) is 34.6 Å². The van der Waals surface area contributed by atoms with E-state index in [-0.39, 0.29) is 12.5 Å². The molecule has 0 saturated heterocycles. The smallest absolute Gasteiger partial charge is 0.253 e. The molecule has 5 heterocycles. The van der Waals surface area contributed by atoms with Crippen molar-refractivity contribution in [2.45, 2.75) is 6.54 Å². The highest BCUT2D eigenvalue weighted by atomic mass is 16.5. The van der Waals surface area contributed by atoms with E-state index in [1.165, 1.54) is 0 Å². The Morgan fingerprint density at radius 2 is 2.03 bits per heavy atom. The maximum atomic E-state index is 12.7. The topological polar surface area (TPSA) is 103 Å². The lowest BCUT2D eigenvalue weighted by atomic mass is 10.2. The lowest BCUT2D eigenvalue weighted by molar-refractivity contribution is 0.0946. The van der Waals surface area contributed by atoms with Gasteiger partial charge >= 0.3 is 0 Å². The molecule has 1 N–H and O–H groups in total. The molecule has 30 heavy (non-hydrogen) atoms. The van der Waals surface area contributed by atoms with E-state index in [9.17, 15) is 4.79 Å². The van der Waals surface area contributed by atoms with Crippen LogP contribution in [0.25, 0.3) is 28.6 Å². The third-order valence-electron chi connectivity index (χ3n) is 4.75. The summed E-state index contributed by atoms with van der Waals surface area (Å²) in [6, 6.07) is 14.7. The summed E-state index contributed by atoms with van der Waals surface area (Å²) in [5.41, 5.74) is 3.40. The van der Waals surface area contributed by atoms with Gasteiger partial charge in [-0.3, -0.25) is 14.2 Å². The molecule has 0 radical (unpaired) electrons. The molecular formula is C21H17N7O2. The maximum Gasteiger partial charge on any atom is 0.253 e. The molecule has 1 amide bonds. The number of aromatic nitrogens is 6. The van der Waals surface area contributed by atoms with Gasteiger partial charge in [-0.1, -0.05) is 11.2 Å². The fourth-order valence-electron chi connectivity index (χ4n) is 3.19. The standard InChI is InChI=1S/C21H17N7O2/c1-27-10-4-6-18(27)20-25-24-19-8-7-14(13-28(19)20)21(29)23-12-15-11-17(26-30-15)16-5-2-3-9-22-16/h2-11,13H,12H2,1H3,(H,23,29). The summed E-state index contributed by atoms with van der Waals surface area (Å²) in [6.07, 6.45) is 5.35. The number of hydrogen-bond acceptors (Lipinski definition) is 6. The Morgan fingerprint density at radius 3 is 2.83 bits per heavy atom. The fourth-order valence-corrected chi connectivity index (χ4v) is 3.19. The van der Waals surface area contributed by atoms with Gasteiger partial charge in [-0.15, -0.1) is 10.2 Å². The number of nitrogens with one attached hydrogen (secondary N) is 1. The zero-order valence-electron chi connectivity index (χ0n) is 16.1. The zero-order valence-corrected chi connectivity index (χ0v) is 16.1. The summed E-state index contributed by atoms with van der Waals surface area (Å²) in [7, 11) is 1.93. The van der Waals surface area contributed by atoms with E-state index in [4.69, 9.17) is 4.52 Å². The highest BCUT2D eigenvalue weighted by molar-refractivity contribution is 5.94. The minimum absolute atomic E-state index is 0.212. The molecule has 0 atom stereocenters. The number of aryl methyl sites for hydroxylation is 1. The summed E-state index contributed by atoms with van der Waals surface area (Å²) in [5.74, 6) is 0.973. The van der Waals surface area contributed by atoms with Gasteiger partial charge in [-0.05, 0) is 36.4 Å². The molecule has 148 valence electrons. The highest BCUT2D eigenvalue weighted by Crippen LogP contribution is 2.19. The zero-order chi connectivity index (χ0) is 20.5. The summed E-state index contributed by atoms with van der Waals surface area (Å²) < 4.78 is 9.07. The number of hydrogen-bond donors (Lipinski definition) is 1. The van der Waals surface area contributed by atoms with Crippen molar-refractivity contribution in [2.24, 2.45) is 7.05 Å². The van der Waals surface area contributed by atoms with Crippen molar-refractivity contribution < 1.29 is 9.32 Å². The molecule has 0 aliphatic rings. The van der Waals surface area contributed by atoms with Gasteiger partial charge in [0.1, 0.15) is 5.69 Å². The molecule has 5 rings (SSSR count). The molecule has 0 saturated carbocycles. The minimum Gasteiger partial charge on any atom is -0.359 e. The summed E-state index contributed by atoms with van der Waals surface area (Å²) in [5, 5.41) is 15.3. The second-order valence-corrected chi connectivity index (χ2v) is 6.75. The quantitative estimate of drug-likeness (QED) is 0.487. The van der Waals surface area contributed by atoms with Gasteiger partial charge in [-0.25, -0.2) is 0 Å². The van der Waals surface area contributed by atoms with Gasteiger partial charge in [0, 0.05) is 31.7 Å². The Bertz CT molecular complexity index is 1330. The normalized spacial score (nSPS) is 11.1. The second kappa shape index (κ2) is 7.28. The van der Waals surface area contributed by atoms with Crippen LogP contribution >= 0.6 is 0 Å². The molecule has 0 unspecified atom stereocenters. The molecule has 0 fully saturated rings. The van der Waals surface area contributed by atoms with Gasteiger partial charge in [0.2, 0.25) is 0 Å². The maximum absolute atomic E-state index is 12.7. The third kappa shape index (κ3) is 3.22. The first-order valence-electron chi connectivity index (χ1n) is 9.31. The predicted molar refractivity (Wildman–Crippen MR) is 108 cm³/mol. The lowest BCUT2D eigenvalue weighted by Crippen LogP contribution is -2.22. The first kappa shape index (κ1) is 17.8. The van der Waals surface area contributed by atoms with Crippen molar-refractivity contribution in [1.29, 1.82) is 0 Å². The van der Waals surface area contributed by atoms with E-state index in [1.807, 2.05) is 48.1 Å². The van der Waals surface area contributed by atoms with Crippen LogP contribution < -0.4 is 5.32 Å². The van der Waals surface area contributed by atoms with Crippen LogP contribution in [0.1, 0.15) is 16.1 Å². The van der Waals surface area contributed by atoms with E-state index in [0.717, 1.165) is 5.69 Å². The van der Waals surface area contributed by atoms with Crippen LogP contribution in [0.15, 0.2) is 71.6 Å². The van der Waals surface area contributed by atoms with Gasteiger partial charge in [0.15, 0.2) is 17.2 Å². The van der Waals surface area contributed by atoms with E-state index < -0.39 is 0 Å². The molecule has 9 nitrogen and oxygen atoms in total. The van der Waals surface area contributed by atoms with Crippen LogP contribution in [-0.2, 0) is 13.6 Å². The molecule has 0 aromatic carbocycles. The Morgan fingerprint density at radius 1 is 1.10 bits per heavy atom. The average Bonchev–Trinajstić information content (AvgIpc) is 3.51. The Hall–Kier alpha value is -4.27. The van der Waals surface area contributed by atoms with E-state index in [0.29, 0.717) is 34.2 Å². The molecule has 0 spiro atoms. The van der Waals surface area contributed by atoms with Crippen molar-refractivity contribution in [3.8, 4) is 22.9 Å². The van der Waals surface area contributed by atoms with Crippen molar-refractivity contribution >= 4 is 11.6 Å². The van der Waals surface area contributed by atoms with Crippen molar-refractivity contribution in [3.05, 3.63) is 78.4 Å². The predicted octanol–water partition coefficient (Wildman–Crippen LogP) is 2.71. The number of carbonyl (C=O) groups is 1. The summed E-state index contributed by atoms with van der Waals surface area (Å²) in [6.45, 7) is 0.212. The summed E-state index contributed by atoms with van der Waals surface area (Å²) >= 11 is 0. The first-order chi connectivity index (χ1) is 14.7. The Balaban J connectivity index is 1.34. The molecular weight excluding hydrogens is 382 g/mol. The Labute approximate surface area is 171 Å². The number of nitrogens with zero attached hydrogens (tertiary/aromatic N) is 6. The minimum atomic E-state index is -0.237. The first-order valence-corrected chi connectivity index (χ1v) is 9.31. The average molecular weight is 399 g/mol. The summed E-state index contributed by atoms with van der Waals surface area (Å²) in [4.78, 5) is 16.9. The Kier molecular flexibility index (Phi) is 4.32. The van der Waals surface area contributed by atoms with E-state index in [2.05, 4.69) is 25.7 Å². The van der Waals surface area contributed by atoms with E-state index >= 15 is 0 Å². The monoisotopic (exact) mass is 399 g/mol. The van der Waals surface area contributed by atoms with Gasteiger partial charge in [0.25, 0.3) is 5.91 Å². The van der Waals surface area contributed by atoms with E-state index in [1.54, 1.807) is 35.0 Å². The fraction of sp³-hybridized carbons (Fsp3) is 0.0952. The van der Waals surface area contributed by atoms with Crippen LogP contribution in [0.3, 0.4) is 0 Å². The molecule has 0 bridgehead atoms.